The minimum absolute atomic E-state index is 0.444. The van der Waals surface area contributed by atoms with Gasteiger partial charge in [-0.25, -0.2) is 0 Å². The predicted molar refractivity (Wildman–Crippen MR) is 50.8 cm³/mol. The molecule has 0 radical (unpaired) electrons. The Morgan fingerprint density at radius 2 is 2.42 bits per heavy atom. The number of hydrogen-bond acceptors (Lipinski definition) is 2. The molecule has 0 amide bonds. The normalized spacial score (nSPS) is 13.7. The fourth-order valence-corrected chi connectivity index (χ4v) is 1.08. The van der Waals surface area contributed by atoms with E-state index in [1.165, 1.54) is 5.56 Å². The van der Waals surface area contributed by atoms with E-state index < -0.39 is 0 Å². The molecule has 0 aliphatic rings. The topological polar surface area (TPSA) is 45.0 Å². The molecule has 3 heteroatoms. The van der Waals surface area contributed by atoms with Crippen molar-refractivity contribution in [3.63, 3.8) is 0 Å². The Balaban J connectivity index is 2.41. The second-order valence-electron chi connectivity index (χ2n) is 3.22. The number of nitrogens with zero attached hydrogens (tertiary/aromatic N) is 1. The number of H-pyrrole nitrogens is 1. The molecule has 0 spiro atoms. The molecule has 12 heavy (non-hydrogen) atoms. The van der Waals surface area contributed by atoms with Crippen LogP contribution in [0.4, 0.5) is 0 Å². The lowest BCUT2D eigenvalue weighted by molar-refractivity contribution is 0.255. The average molecular weight is 167 g/mol. The Hall–Kier alpha value is -0.800. The lowest BCUT2D eigenvalue weighted by atomic mass is 10.2. The minimum atomic E-state index is 0.444. The Morgan fingerprint density at radius 1 is 1.67 bits per heavy atom. The Labute approximate surface area is 73.6 Å². The van der Waals surface area contributed by atoms with Gasteiger partial charge in [0, 0.05) is 31.5 Å². The van der Waals surface area contributed by atoms with E-state index in [0.717, 1.165) is 6.54 Å². The second-order valence-corrected chi connectivity index (χ2v) is 3.22. The lowest BCUT2D eigenvalue weighted by Gasteiger charge is -2.22. The van der Waals surface area contributed by atoms with Gasteiger partial charge in [0.05, 0.1) is 0 Å². The van der Waals surface area contributed by atoms with Crippen LogP contribution in [0, 0.1) is 0 Å². The first kappa shape index (κ1) is 9.29. The summed E-state index contributed by atoms with van der Waals surface area (Å²) in [4.78, 5) is 5.27. The third kappa shape index (κ3) is 2.36. The largest absolute Gasteiger partial charge is 0.367 e. The van der Waals surface area contributed by atoms with Crippen molar-refractivity contribution in [2.24, 2.45) is 5.73 Å². The molecule has 0 aliphatic carbocycles. The zero-order chi connectivity index (χ0) is 8.97. The van der Waals surface area contributed by atoms with E-state index in [1.54, 1.807) is 0 Å². The fraction of sp³-hybridized carbons (Fsp3) is 0.556. The number of hydrogen-bond donors (Lipinski definition) is 2. The lowest BCUT2D eigenvalue weighted by Crippen LogP contribution is -2.34. The van der Waals surface area contributed by atoms with Crippen molar-refractivity contribution in [1.29, 1.82) is 0 Å². The van der Waals surface area contributed by atoms with Gasteiger partial charge in [0.2, 0.25) is 0 Å². The van der Waals surface area contributed by atoms with Gasteiger partial charge in [-0.3, -0.25) is 4.90 Å². The van der Waals surface area contributed by atoms with Gasteiger partial charge < -0.3 is 10.7 Å². The Kier molecular flexibility index (Phi) is 3.31. The summed E-state index contributed by atoms with van der Waals surface area (Å²) in [7, 11) is 2.09. The van der Waals surface area contributed by atoms with Crippen LogP contribution >= 0.6 is 0 Å². The summed E-state index contributed by atoms with van der Waals surface area (Å²) < 4.78 is 0. The summed E-state index contributed by atoms with van der Waals surface area (Å²) in [5.74, 6) is 0. The van der Waals surface area contributed by atoms with Crippen molar-refractivity contribution in [3.05, 3.63) is 24.0 Å². The van der Waals surface area contributed by atoms with Gasteiger partial charge in [-0.15, -0.1) is 0 Å². The molecular formula is C9H17N3. The monoisotopic (exact) mass is 167 g/mol. The van der Waals surface area contributed by atoms with Gasteiger partial charge in [-0.2, -0.15) is 0 Å². The highest BCUT2D eigenvalue weighted by molar-refractivity contribution is 5.07. The summed E-state index contributed by atoms with van der Waals surface area (Å²) in [6, 6.07) is 2.53. The maximum absolute atomic E-state index is 5.55. The molecule has 1 heterocycles. The smallest absolute Gasteiger partial charge is 0.0249 e. The van der Waals surface area contributed by atoms with Crippen LogP contribution in [0.3, 0.4) is 0 Å². The summed E-state index contributed by atoms with van der Waals surface area (Å²) in [6.07, 6.45) is 3.95. The standard InChI is InChI=1S/C9H17N3/c1-8(5-10)12(2)7-9-3-4-11-6-9/h3-4,6,8,11H,5,7,10H2,1-2H3. The summed E-state index contributed by atoms with van der Waals surface area (Å²) >= 11 is 0. The SMILES string of the molecule is CC(CN)N(C)Cc1cc[nH]c1. The minimum Gasteiger partial charge on any atom is -0.367 e. The van der Waals surface area contributed by atoms with Gasteiger partial charge in [0.1, 0.15) is 0 Å². The van der Waals surface area contributed by atoms with Gasteiger partial charge in [0.25, 0.3) is 0 Å². The molecule has 1 aromatic rings. The molecule has 68 valence electrons. The van der Waals surface area contributed by atoms with Crippen molar-refractivity contribution >= 4 is 0 Å². The van der Waals surface area contributed by atoms with Crippen LogP contribution in [0.25, 0.3) is 0 Å². The Bertz CT molecular complexity index is 206. The van der Waals surface area contributed by atoms with Crippen LogP contribution in [0.5, 0.6) is 0 Å². The second kappa shape index (κ2) is 4.28. The highest BCUT2D eigenvalue weighted by Gasteiger charge is 2.06. The van der Waals surface area contributed by atoms with Crippen molar-refractivity contribution < 1.29 is 0 Å². The van der Waals surface area contributed by atoms with Crippen LogP contribution in [-0.2, 0) is 6.54 Å². The highest BCUT2D eigenvalue weighted by Crippen LogP contribution is 2.03. The van der Waals surface area contributed by atoms with E-state index in [9.17, 15) is 0 Å². The molecule has 1 unspecified atom stereocenters. The van der Waals surface area contributed by atoms with E-state index in [-0.39, 0.29) is 0 Å². The van der Waals surface area contributed by atoms with E-state index >= 15 is 0 Å². The number of aromatic amines is 1. The number of aromatic nitrogens is 1. The van der Waals surface area contributed by atoms with Crippen molar-refractivity contribution in [3.8, 4) is 0 Å². The molecule has 1 atom stereocenters. The average Bonchev–Trinajstić information content (AvgIpc) is 2.55. The first-order valence-corrected chi connectivity index (χ1v) is 4.26. The maximum Gasteiger partial charge on any atom is 0.0249 e. The van der Waals surface area contributed by atoms with Gasteiger partial charge in [-0.05, 0) is 25.6 Å². The molecule has 0 aliphatic heterocycles. The molecule has 0 bridgehead atoms. The maximum atomic E-state index is 5.55. The van der Waals surface area contributed by atoms with E-state index in [1.807, 2.05) is 12.4 Å². The summed E-state index contributed by atoms with van der Waals surface area (Å²) in [6.45, 7) is 3.80. The van der Waals surface area contributed by atoms with E-state index in [0.29, 0.717) is 12.6 Å². The quantitative estimate of drug-likeness (QED) is 0.696. The zero-order valence-electron chi connectivity index (χ0n) is 7.75. The van der Waals surface area contributed by atoms with Crippen LogP contribution in [0.1, 0.15) is 12.5 Å². The Morgan fingerprint density at radius 3 is 2.92 bits per heavy atom. The molecule has 1 rings (SSSR count). The van der Waals surface area contributed by atoms with Gasteiger partial charge >= 0.3 is 0 Å². The first-order valence-electron chi connectivity index (χ1n) is 4.26. The number of likely N-dealkylation sites (N-methyl/N-ethyl adjacent to an activating group) is 1. The predicted octanol–water partition coefficient (Wildman–Crippen LogP) is 0.794. The molecular weight excluding hydrogens is 150 g/mol. The molecule has 3 nitrogen and oxygen atoms in total. The zero-order valence-corrected chi connectivity index (χ0v) is 7.75. The van der Waals surface area contributed by atoms with Gasteiger partial charge in [-0.1, -0.05) is 0 Å². The van der Waals surface area contributed by atoms with Crippen LogP contribution in [-0.4, -0.2) is 29.5 Å². The number of nitrogens with two attached hydrogens (primary N) is 1. The highest BCUT2D eigenvalue weighted by atomic mass is 15.1. The summed E-state index contributed by atoms with van der Waals surface area (Å²) in [5.41, 5.74) is 6.86. The van der Waals surface area contributed by atoms with Crippen LogP contribution in [0.2, 0.25) is 0 Å². The molecule has 3 N–H and O–H groups in total. The molecule has 0 saturated heterocycles. The van der Waals surface area contributed by atoms with Crippen LogP contribution in [0.15, 0.2) is 18.5 Å². The van der Waals surface area contributed by atoms with Crippen molar-refractivity contribution in [2.45, 2.75) is 19.5 Å². The molecule has 0 saturated carbocycles. The fourth-order valence-electron chi connectivity index (χ4n) is 1.08. The number of rotatable bonds is 4. The van der Waals surface area contributed by atoms with E-state index in [2.05, 4.69) is 29.9 Å². The third-order valence-corrected chi connectivity index (χ3v) is 2.19. The molecule has 0 aromatic carbocycles. The molecule has 0 fully saturated rings. The van der Waals surface area contributed by atoms with Crippen LogP contribution < -0.4 is 5.73 Å². The summed E-state index contributed by atoms with van der Waals surface area (Å²) in [5, 5.41) is 0. The third-order valence-electron chi connectivity index (χ3n) is 2.19. The first-order chi connectivity index (χ1) is 5.74. The molecule has 1 aromatic heterocycles. The van der Waals surface area contributed by atoms with E-state index in [4.69, 9.17) is 5.73 Å². The van der Waals surface area contributed by atoms with Crippen molar-refractivity contribution in [2.75, 3.05) is 13.6 Å². The van der Waals surface area contributed by atoms with Gasteiger partial charge in [0.15, 0.2) is 0 Å². The van der Waals surface area contributed by atoms with Crippen molar-refractivity contribution in [1.82, 2.24) is 9.88 Å². The number of nitrogens with one attached hydrogen (secondary N) is 1.